The Morgan fingerprint density at radius 3 is 2.47 bits per heavy atom. The summed E-state index contributed by atoms with van der Waals surface area (Å²) >= 11 is 0. The first-order valence-electron chi connectivity index (χ1n) is 12.8. The number of unbranched alkanes of at least 4 members (excludes halogenated alkanes) is 3. The quantitative estimate of drug-likeness (QED) is 0.132. The zero-order valence-corrected chi connectivity index (χ0v) is 20.6. The van der Waals surface area contributed by atoms with Gasteiger partial charge in [-0.2, -0.15) is 0 Å². The van der Waals surface area contributed by atoms with Gasteiger partial charge in [0.25, 0.3) is 11.8 Å². The third-order valence-electron chi connectivity index (χ3n) is 6.57. The lowest BCUT2D eigenvalue weighted by Gasteiger charge is -2.21. The molecule has 0 fully saturated rings. The number of nitrogens with zero attached hydrogens (tertiary/aromatic N) is 1. The Labute approximate surface area is 212 Å². The van der Waals surface area contributed by atoms with Crippen LogP contribution in [0.3, 0.4) is 0 Å². The van der Waals surface area contributed by atoms with Gasteiger partial charge in [0.05, 0.1) is 5.52 Å². The molecule has 2 aromatic carbocycles. The van der Waals surface area contributed by atoms with Gasteiger partial charge in [0.1, 0.15) is 0 Å². The van der Waals surface area contributed by atoms with Crippen LogP contribution >= 0.6 is 0 Å². The number of aromatic nitrogens is 1. The monoisotopic (exact) mass is 486 g/mol. The lowest BCUT2D eigenvalue weighted by molar-refractivity contribution is -0.124. The Bertz CT molecular complexity index is 1220. The van der Waals surface area contributed by atoms with Gasteiger partial charge in [0, 0.05) is 41.5 Å². The topological polar surface area (TPSA) is 103 Å². The molecule has 0 spiro atoms. The summed E-state index contributed by atoms with van der Waals surface area (Å²) in [5.41, 5.74) is 7.91. The second kappa shape index (κ2) is 12.8. The Hall–Kier alpha value is -3.71. The van der Waals surface area contributed by atoms with E-state index in [1.54, 1.807) is 30.3 Å². The fourth-order valence-corrected chi connectivity index (χ4v) is 4.65. The molecule has 0 radical (unpaired) electrons. The fourth-order valence-electron chi connectivity index (χ4n) is 4.65. The van der Waals surface area contributed by atoms with E-state index in [2.05, 4.69) is 34.9 Å². The molecule has 0 saturated carbocycles. The van der Waals surface area contributed by atoms with E-state index in [0.717, 1.165) is 56.1 Å². The van der Waals surface area contributed by atoms with E-state index in [4.69, 9.17) is 10.2 Å². The zero-order chi connectivity index (χ0) is 25.2. The minimum absolute atomic E-state index is 0.102. The first-order valence-corrected chi connectivity index (χ1v) is 12.8. The summed E-state index contributed by atoms with van der Waals surface area (Å²) in [6.45, 7) is 1.58. The number of carbonyl (C=O) groups is 2. The van der Waals surface area contributed by atoms with Gasteiger partial charge >= 0.3 is 0 Å². The van der Waals surface area contributed by atoms with Crippen molar-refractivity contribution in [3.05, 3.63) is 77.0 Å². The SMILES string of the molecule is O=C(/C=C/c1ccc(C(=O)NCCCCCCNc2c3c(nc4ccccc24)CCCC3)cc1)NO. The van der Waals surface area contributed by atoms with Crippen LogP contribution in [0.15, 0.2) is 54.6 Å². The maximum Gasteiger partial charge on any atom is 0.267 e. The van der Waals surface area contributed by atoms with Gasteiger partial charge in [-0.25, -0.2) is 5.48 Å². The molecule has 36 heavy (non-hydrogen) atoms. The van der Waals surface area contributed by atoms with E-state index in [-0.39, 0.29) is 5.91 Å². The Morgan fingerprint density at radius 1 is 0.917 bits per heavy atom. The van der Waals surface area contributed by atoms with Crippen molar-refractivity contribution in [1.82, 2.24) is 15.8 Å². The number of nitrogens with one attached hydrogen (secondary N) is 3. The molecule has 0 bridgehead atoms. The van der Waals surface area contributed by atoms with Crippen LogP contribution in [0.2, 0.25) is 0 Å². The molecule has 4 N–H and O–H groups in total. The van der Waals surface area contributed by atoms with Crippen LogP contribution in [0.5, 0.6) is 0 Å². The van der Waals surface area contributed by atoms with E-state index in [1.165, 1.54) is 46.7 Å². The highest BCUT2D eigenvalue weighted by Gasteiger charge is 2.17. The van der Waals surface area contributed by atoms with Crippen molar-refractivity contribution in [2.45, 2.75) is 51.4 Å². The summed E-state index contributed by atoms with van der Waals surface area (Å²) in [4.78, 5) is 28.3. The van der Waals surface area contributed by atoms with Crippen LogP contribution in [-0.2, 0) is 17.6 Å². The molecule has 3 aromatic rings. The molecule has 0 atom stereocenters. The Kier molecular flexibility index (Phi) is 9.05. The molecule has 7 nitrogen and oxygen atoms in total. The summed E-state index contributed by atoms with van der Waals surface area (Å²) in [5.74, 6) is -0.702. The van der Waals surface area contributed by atoms with E-state index in [0.29, 0.717) is 12.1 Å². The molecule has 4 rings (SSSR count). The van der Waals surface area contributed by atoms with E-state index in [1.807, 2.05) is 0 Å². The number of anilines is 1. The van der Waals surface area contributed by atoms with Crippen molar-refractivity contribution >= 4 is 34.5 Å². The predicted octanol–water partition coefficient (Wildman–Crippen LogP) is 5.03. The fraction of sp³-hybridized carbons (Fsp3) is 0.345. The number of pyridine rings is 1. The third kappa shape index (κ3) is 6.70. The Morgan fingerprint density at radius 2 is 1.67 bits per heavy atom. The second-order valence-electron chi connectivity index (χ2n) is 9.16. The molecule has 1 aliphatic carbocycles. The molecule has 7 heteroatoms. The second-order valence-corrected chi connectivity index (χ2v) is 9.16. The van der Waals surface area contributed by atoms with Crippen LogP contribution < -0.4 is 16.1 Å². The van der Waals surface area contributed by atoms with Gasteiger partial charge in [-0.05, 0) is 73.9 Å². The number of hydroxylamine groups is 1. The van der Waals surface area contributed by atoms with Crippen LogP contribution in [-0.4, -0.2) is 35.1 Å². The largest absolute Gasteiger partial charge is 0.384 e. The van der Waals surface area contributed by atoms with E-state index >= 15 is 0 Å². The van der Waals surface area contributed by atoms with Crippen molar-refractivity contribution < 1.29 is 14.8 Å². The first kappa shape index (κ1) is 25.4. The number of amides is 2. The molecule has 1 aliphatic rings. The van der Waals surface area contributed by atoms with Gasteiger partial charge in [0.2, 0.25) is 0 Å². The van der Waals surface area contributed by atoms with Crippen molar-refractivity contribution in [2.75, 3.05) is 18.4 Å². The zero-order valence-electron chi connectivity index (χ0n) is 20.6. The highest BCUT2D eigenvalue weighted by atomic mass is 16.5. The van der Waals surface area contributed by atoms with E-state index < -0.39 is 5.91 Å². The molecular formula is C29H34N4O3. The number of hydrogen-bond acceptors (Lipinski definition) is 5. The van der Waals surface area contributed by atoms with Gasteiger partial charge in [0.15, 0.2) is 0 Å². The molecule has 0 saturated heterocycles. The summed E-state index contributed by atoms with van der Waals surface area (Å²) in [6, 6.07) is 15.4. The van der Waals surface area contributed by atoms with Crippen LogP contribution in [0.25, 0.3) is 17.0 Å². The smallest absolute Gasteiger partial charge is 0.267 e. The molecule has 1 heterocycles. The number of rotatable bonds is 11. The highest BCUT2D eigenvalue weighted by Crippen LogP contribution is 2.33. The van der Waals surface area contributed by atoms with Crippen LogP contribution in [0.4, 0.5) is 5.69 Å². The summed E-state index contributed by atoms with van der Waals surface area (Å²) in [7, 11) is 0. The average Bonchev–Trinajstić information content (AvgIpc) is 2.92. The van der Waals surface area contributed by atoms with Crippen LogP contribution in [0.1, 0.15) is 65.7 Å². The van der Waals surface area contributed by atoms with Gasteiger partial charge in [-0.3, -0.25) is 19.8 Å². The maximum atomic E-state index is 12.3. The number of para-hydroxylation sites is 1. The number of carbonyl (C=O) groups excluding carboxylic acids is 2. The standard InChI is InChI=1S/C29H34N4O3/c34-27(33-36)18-15-21-13-16-22(17-14-21)29(35)31-20-8-2-1-7-19-30-28-23-9-3-5-11-25(23)32-26-12-6-4-10-24(26)28/h3,5,9,11,13-18,36H,1-2,4,6-8,10,12,19-20H2,(H,30,32)(H,31,35)(H,33,34)/b18-15+. The minimum Gasteiger partial charge on any atom is -0.384 e. The number of fused-ring (bicyclic) bond motifs is 2. The third-order valence-corrected chi connectivity index (χ3v) is 6.57. The lowest BCUT2D eigenvalue weighted by atomic mass is 9.92. The van der Waals surface area contributed by atoms with Gasteiger partial charge < -0.3 is 10.6 Å². The first-order chi connectivity index (χ1) is 17.7. The van der Waals surface area contributed by atoms with Crippen molar-refractivity contribution in [3.8, 4) is 0 Å². The number of hydrogen-bond donors (Lipinski definition) is 4. The highest BCUT2D eigenvalue weighted by molar-refractivity contribution is 5.95. The average molecular weight is 487 g/mol. The molecule has 188 valence electrons. The maximum absolute atomic E-state index is 12.3. The van der Waals surface area contributed by atoms with Crippen molar-refractivity contribution in [1.29, 1.82) is 0 Å². The molecular weight excluding hydrogens is 452 g/mol. The molecule has 0 unspecified atom stereocenters. The number of aryl methyl sites for hydroxylation is 1. The molecule has 0 aliphatic heterocycles. The van der Waals surface area contributed by atoms with Gasteiger partial charge in [-0.1, -0.05) is 43.2 Å². The summed E-state index contributed by atoms with van der Waals surface area (Å²) in [6.07, 6.45) is 11.6. The summed E-state index contributed by atoms with van der Waals surface area (Å²) < 4.78 is 0. The Balaban J connectivity index is 1.16. The van der Waals surface area contributed by atoms with Crippen molar-refractivity contribution in [3.63, 3.8) is 0 Å². The van der Waals surface area contributed by atoms with Gasteiger partial charge in [-0.15, -0.1) is 0 Å². The molecule has 1 aromatic heterocycles. The summed E-state index contributed by atoms with van der Waals surface area (Å²) in [5, 5.41) is 16.4. The molecule has 2 amide bonds. The normalized spacial score (nSPS) is 12.9. The predicted molar refractivity (Wildman–Crippen MR) is 143 cm³/mol. The minimum atomic E-state index is -0.600. The van der Waals surface area contributed by atoms with Crippen molar-refractivity contribution in [2.24, 2.45) is 0 Å². The van der Waals surface area contributed by atoms with E-state index in [9.17, 15) is 9.59 Å². The lowest BCUT2D eigenvalue weighted by Crippen LogP contribution is -2.24. The number of benzene rings is 2. The van der Waals surface area contributed by atoms with Crippen LogP contribution in [0, 0.1) is 0 Å².